The molecule has 6 heterocycles. The average Bonchev–Trinajstić information content (AvgIpc) is 3.73. The van der Waals surface area contributed by atoms with Crippen LogP contribution in [0.5, 0.6) is 0 Å². The van der Waals surface area contributed by atoms with Gasteiger partial charge in [-0.3, -0.25) is 37.0 Å². The molecule has 8 N–H and O–H groups in total. The van der Waals surface area contributed by atoms with E-state index in [0.717, 1.165) is 17.6 Å². The van der Waals surface area contributed by atoms with Crippen LogP contribution in [0.2, 0.25) is 0 Å². The highest BCUT2D eigenvalue weighted by atomic mass is 31.2. The third-order valence-corrected chi connectivity index (χ3v) is 8.96. The number of aromatic nitrogens is 8. The summed E-state index contributed by atoms with van der Waals surface area (Å²) >= 11 is 0. The van der Waals surface area contributed by atoms with Gasteiger partial charge < -0.3 is 35.8 Å². The number of alkyl halides is 1. The normalized spacial score (nSPS) is 31.0. The molecule has 46 heavy (non-hydrogen) atoms. The van der Waals surface area contributed by atoms with Gasteiger partial charge in [-0.25, -0.2) is 28.9 Å². The first kappa shape index (κ1) is 32.5. The number of phosphoric acid groups is 1. The number of rotatable bonds is 10. The van der Waals surface area contributed by atoms with E-state index in [4.69, 9.17) is 34.5 Å². The molecule has 0 amide bonds. The molecule has 24 heteroatoms. The van der Waals surface area contributed by atoms with E-state index in [1.54, 1.807) is 6.92 Å². The van der Waals surface area contributed by atoms with E-state index in [-0.39, 0.29) is 40.5 Å². The first-order valence-electron chi connectivity index (χ1n) is 13.6. The highest BCUT2D eigenvalue weighted by Gasteiger charge is 2.52. The van der Waals surface area contributed by atoms with E-state index >= 15 is 4.39 Å². The van der Waals surface area contributed by atoms with Crippen molar-refractivity contribution in [3.8, 4) is 0 Å². The number of H-pyrrole nitrogens is 1. The van der Waals surface area contributed by atoms with Gasteiger partial charge in [-0.15, -0.1) is 0 Å². The van der Waals surface area contributed by atoms with E-state index < -0.39 is 76.7 Å². The highest BCUT2D eigenvalue weighted by Crippen LogP contribution is 2.51. The summed E-state index contributed by atoms with van der Waals surface area (Å²) in [5, 5.41) is 11.0. The number of phosphoric ester groups is 1. The van der Waals surface area contributed by atoms with Crippen LogP contribution in [0.4, 0.5) is 16.2 Å². The van der Waals surface area contributed by atoms with E-state index in [1.807, 2.05) is 0 Å². The Labute approximate surface area is 256 Å². The largest absolute Gasteiger partial charge is 0.472 e. The molecule has 4 aromatic rings. The van der Waals surface area contributed by atoms with Crippen molar-refractivity contribution in [1.29, 1.82) is 0 Å². The van der Waals surface area contributed by atoms with Crippen LogP contribution in [0, 0.1) is 0 Å². The number of nitrogen functional groups attached to an aromatic ring is 2. The first-order valence-corrected chi connectivity index (χ1v) is 17.1. The van der Waals surface area contributed by atoms with Gasteiger partial charge in [-0.2, -0.15) is 4.98 Å². The number of nitrogens with two attached hydrogens (primary N) is 2. The predicted octanol–water partition coefficient (Wildman–Crippen LogP) is -0.270. The molecule has 250 valence electrons. The maximum atomic E-state index is 15.8. The Bertz CT molecular complexity index is 1920. The van der Waals surface area contributed by atoms with Gasteiger partial charge in [0.2, 0.25) is 5.95 Å². The number of aliphatic hydroxyl groups excluding tert-OH is 1. The van der Waals surface area contributed by atoms with Crippen molar-refractivity contribution >= 4 is 49.5 Å². The van der Waals surface area contributed by atoms with E-state index in [0.29, 0.717) is 0 Å². The summed E-state index contributed by atoms with van der Waals surface area (Å²) in [7, 11) is -9.35. The second-order valence-electron chi connectivity index (χ2n) is 10.5. The zero-order chi connectivity index (χ0) is 33.1. The van der Waals surface area contributed by atoms with Crippen molar-refractivity contribution < 1.29 is 51.5 Å². The number of halogens is 1. The Morgan fingerprint density at radius 1 is 1.00 bits per heavy atom. The molecule has 0 aromatic carbocycles. The van der Waals surface area contributed by atoms with E-state index in [2.05, 4.69) is 29.9 Å². The molecule has 10 unspecified atom stereocenters. The molecular formula is C22H29FN10O11P2. The number of ether oxygens (including phenoxy) is 2. The molecule has 2 fully saturated rings. The quantitative estimate of drug-likeness (QED) is 0.117. The van der Waals surface area contributed by atoms with Crippen molar-refractivity contribution in [1.82, 2.24) is 39.0 Å². The summed E-state index contributed by atoms with van der Waals surface area (Å²) in [5.41, 5.74) is 10.9. The molecular weight excluding hydrogens is 661 g/mol. The maximum Gasteiger partial charge on any atom is 0.472 e. The third-order valence-electron chi connectivity index (χ3n) is 7.34. The lowest BCUT2D eigenvalue weighted by molar-refractivity contribution is -0.0536. The van der Waals surface area contributed by atoms with E-state index in [1.165, 1.54) is 17.2 Å². The Balaban J connectivity index is 1.19. The zero-order valence-electron chi connectivity index (χ0n) is 23.9. The maximum absolute atomic E-state index is 15.8. The number of aromatic amines is 1. The fourth-order valence-electron chi connectivity index (χ4n) is 5.33. The molecule has 0 aliphatic carbocycles. The lowest BCUT2D eigenvalue weighted by Crippen LogP contribution is -2.35. The number of anilines is 2. The smallest absolute Gasteiger partial charge is 0.387 e. The van der Waals surface area contributed by atoms with Crippen LogP contribution >= 0.6 is 15.4 Å². The molecule has 0 saturated carbocycles. The van der Waals surface area contributed by atoms with Crippen molar-refractivity contribution in [3.63, 3.8) is 0 Å². The first-order chi connectivity index (χ1) is 21.7. The molecule has 0 bridgehead atoms. The Morgan fingerprint density at radius 2 is 1.67 bits per heavy atom. The Morgan fingerprint density at radius 3 is 2.37 bits per heavy atom. The van der Waals surface area contributed by atoms with Crippen LogP contribution in [0.15, 0.2) is 23.8 Å². The van der Waals surface area contributed by atoms with Crippen molar-refractivity contribution in [2.24, 2.45) is 0 Å². The second-order valence-corrected chi connectivity index (χ2v) is 13.8. The molecule has 0 radical (unpaired) electrons. The summed E-state index contributed by atoms with van der Waals surface area (Å²) in [5.74, 6) is -0.211. The summed E-state index contributed by atoms with van der Waals surface area (Å²) in [6.07, 6.45) is -8.48. The van der Waals surface area contributed by atoms with Gasteiger partial charge in [0.1, 0.15) is 36.3 Å². The topological polar surface area (TPSA) is 300 Å². The van der Waals surface area contributed by atoms with Crippen LogP contribution in [0.25, 0.3) is 22.3 Å². The minimum Gasteiger partial charge on any atom is -0.387 e. The molecule has 2 saturated heterocycles. The summed E-state index contributed by atoms with van der Waals surface area (Å²) < 4.78 is 70.5. The number of imidazole rings is 2. The van der Waals surface area contributed by atoms with Gasteiger partial charge in [0.15, 0.2) is 41.3 Å². The summed E-state index contributed by atoms with van der Waals surface area (Å²) in [4.78, 5) is 54.9. The molecule has 2 aliphatic heterocycles. The predicted molar refractivity (Wildman–Crippen MR) is 153 cm³/mol. The molecule has 21 nitrogen and oxygen atoms in total. The summed E-state index contributed by atoms with van der Waals surface area (Å²) in [6, 6.07) is 0. The van der Waals surface area contributed by atoms with Crippen molar-refractivity contribution in [2.75, 3.05) is 24.7 Å². The van der Waals surface area contributed by atoms with Crippen molar-refractivity contribution in [3.05, 3.63) is 29.3 Å². The van der Waals surface area contributed by atoms with Crippen LogP contribution < -0.4 is 17.0 Å². The number of hydrogen-bond acceptors (Lipinski definition) is 16. The SMILES string of the molecule is CCC1OC(n2cnc3c(N)ncnc32)C(F)C1OP(=O)(O)OCC1OC(n2cnc3c(=O)[nH]c(N)nc32)C(OP(C)(=O)O)C1O. The molecule has 0 spiro atoms. The fraction of sp³-hybridized carbons (Fsp3) is 0.545. The Hall–Kier alpha value is -3.43. The van der Waals surface area contributed by atoms with Gasteiger partial charge in [0, 0.05) is 6.66 Å². The molecule has 6 rings (SSSR count). The van der Waals surface area contributed by atoms with Gasteiger partial charge in [-0.1, -0.05) is 6.92 Å². The lowest BCUT2D eigenvalue weighted by Gasteiger charge is -2.23. The average molecular weight is 690 g/mol. The Kier molecular flexibility index (Phi) is 8.47. The minimum atomic E-state index is -5.08. The number of nitrogens with zero attached hydrogens (tertiary/aromatic N) is 7. The lowest BCUT2D eigenvalue weighted by atomic mass is 10.1. The van der Waals surface area contributed by atoms with Crippen LogP contribution in [0.1, 0.15) is 25.8 Å². The van der Waals surface area contributed by atoms with Gasteiger partial charge in [0.25, 0.3) is 5.56 Å². The van der Waals surface area contributed by atoms with Gasteiger partial charge in [0.05, 0.1) is 25.4 Å². The third kappa shape index (κ3) is 6.04. The molecule has 4 aromatic heterocycles. The van der Waals surface area contributed by atoms with Gasteiger partial charge >= 0.3 is 15.4 Å². The molecule has 10 atom stereocenters. The van der Waals surface area contributed by atoms with Crippen LogP contribution in [-0.4, -0.2) is 104 Å². The summed E-state index contributed by atoms with van der Waals surface area (Å²) in [6.45, 7) is 1.69. The minimum absolute atomic E-state index is 0.0625. The van der Waals surface area contributed by atoms with Crippen LogP contribution in [-0.2, 0) is 32.2 Å². The zero-order valence-corrected chi connectivity index (χ0v) is 25.7. The number of nitrogens with one attached hydrogen (secondary N) is 1. The monoisotopic (exact) mass is 690 g/mol. The van der Waals surface area contributed by atoms with E-state index in [9.17, 15) is 28.8 Å². The van der Waals surface area contributed by atoms with Crippen molar-refractivity contribution in [2.45, 2.75) is 62.5 Å². The standard InChI is InChI=1S/C22H29FN10O11P2/c1-3-8-14(10(23)20(41-8)32-6-28-11-16(24)26-5-27-17(11)32)44-46(38,39)40-4-9-13(34)15(43-45(2,36)37)21(42-9)33-7-29-12-18(33)30-22(25)31-19(12)35/h5-10,13-15,20-21,34H,3-4H2,1-2H3,(H,36,37)(H,38,39)(H2,24,26,27)(H3,25,30,31,35). The number of fused-ring (bicyclic) bond motifs is 2. The fourth-order valence-corrected chi connectivity index (χ4v) is 6.97. The number of aliphatic hydroxyl groups is 1. The van der Waals surface area contributed by atoms with Crippen LogP contribution in [0.3, 0.4) is 0 Å². The van der Waals surface area contributed by atoms with Gasteiger partial charge in [-0.05, 0) is 6.42 Å². The highest BCUT2D eigenvalue weighted by molar-refractivity contribution is 7.51. The number of hydrogen-bond donors (Lipinski definition) is 6. The second kappa shape index (κ2) is 12.0. The molecule has 2 aliphatic rings.